The molecule has 1 aliphatic carbocycles. The summed E-state index contributed by atoms with van der Waals surface area (Å²) in [7, 11) is 1.63. The van der Waals surface area contributed by atoms with Gasteiger partial charge in [0.25, 0.3) is 0 Å². The molecular formula is C15H17NO3. The topological polar surface area (TPSA) is 49.8 Å². The molecule has 4 nitrogen and oxygen atoms in total. The van der Waals surface area contributed by atoms with Crippen LogP contribution in [0.25, 0.3) is 0 Å². The smallest absolute Gasteiger partial charge is 0.230 e. The molecule has 100 valence electrons. The molecule has 0 spiro atoms. The molecule has 2 bridgehead atoms. The second-order valence-electron chi connectivity index (χ2n) is 5.06. The first-order valence-corrected chi connectivity index (χ1v) is 6.47. The molecule has 4 heteroatoms. The second-order valence-corrected chi connectivity index (χ2v) is 5.06. The highest BCUT2D eigenvalue weighted by Crippen LogP contribution is 2.39. The van der Waals surface area contributed by atoms with Gasteiger partial charge in [-0.25, -0.2) is 0 Å². The molecule has 3 unspecified atom stereocenters. The van der Waals surface area contributed by atoms with Gasteiger partial charge in [-0.3, -0.25) is 4.79 Å². The molecular weight excluding hydrogens is 242 g/mol. The zero-order valence-corrected chi connectivity index (χ0v) is 10.8. The number of carbonyl (C=O) groups excluding carboxylic acids is 1. The quantitative estimate of drug-likeness (QED) is 0.827. The fourth-order valence-electron chi connectivity index (χ4n) is 3.00. The molecule has 0 radical (unpaired) electrons. The number of amides is 1. The maximum atomic E-state index is 12.2. The molecule has 1 saturated heterocycles. The van der Waals surface area contributed by atoms with Gasteiger partial charge in [0, 0.05) is 19.1 Å². The average molecular weight is 259 g/mol. The molecule has 1 amide bonds. The van der Waals surface area contributed by atoms with E-state index < -0.39 is 0 Å². The van der Waals surface area contributed by atoms with Gasteiger partial charge in [0.2, 0.25) is 5.91 Å². The summed E-state index contributed by atoms with van der Waals surface area (Å²) >= 11 is 0. The zero-order valence-electron chi connectivity index (χ0n) is 10.8. The predicted molar refractivity (Wildman–Crippen MR) is 70.5 cm³/mol. The lowest BCUT2D eigenvalue weighted by Gasteiger charge is -2.25. The molecule has 2 aliphatic rings. The van der Waals surface area contributed by atoms with Gasteiger partial charge in [0.15, 0.2) is 0 Å². The number of benzene rings is 1. The average Bonchev–Trinajstić information content (AvgIpc) is 2.97. The fourth-order valence-corrected chi connectivity index (χ4v) is 3.00. The Morgan fingerprint density at radius 3 is 2.58 bits per heavy atom. The van der Waals surface area contributed by atoms with Gasteiger partial charge in [-0.15, -0.1) is 0 Å². The highest BCUT2D eigenvalue weighted by Gasteiger charge is 2.48. The van der Waals surface area contributed by atoms with Gasteiger partial charge in [-0.2, -0.15) is 0 Å². The van der Waals surface area contributed by atoms with Crippen molar-refractivity contribution in [2.24, 2.45) is 11.8 Å². The monoisotopic (exact) mass is 259 g/mol. The molecule has 1 aliphatic heterocycles. The molecule has 1 fully saturated rings. The number of hydrogen-bond acceptors (Lipinski definition) is 3. The molecule has 19 heavy (non-hydrogen) atoms. The minimum Gasteiger partial charge on any atom is -0.497 e. The van der Waals surface area contributed by atoms with Gasteiger partial charge in [0.05, 0.1) is 19.1 Å². The van der Waals surface area contributed by atoms with E-state index in [4.69, 9.17) is 4.74 Å². The number of aliphatic hydroxyl groups is 1. The van der Waals surface area contributed by atoms with E-state index in [1.54, 1.807) is 7.11 Å². The first-order chi connectivity index (χ1) is 9.24. The van der Waals surface area contributed by atoms with E-state index >= 15 is 0 Å². The molecule has 0 saturated carbocycles. The van der Waals surface area contributed by atoms with Crippen molar-refractivity contribution in [3.05, 3.63) is 42.0 Å². The Kier molecular flexibility index (Phi) is 3.03. The summed E-state index contributed by atoms with van der Waals surface area (Å²) in [6.45, 7) is 0.651. The van der Waals surface area contributed by atoms with E-state index in [9.17, 15) is 9.90 Å². The van der Waals surface area contributed by atoms with Crippen LogP contribution in [-0.2, 0) is 11.3 Å². The van der Waals surface area contributed by atoms with Gasteiger partial charge in [-0.05, 0) is 17.7 Å². The number of aliphatic hydroxyl groups excluding tert-OH is 1. The summed E-state index contributed by atoms with van der Waals surface area (Å²) < 4.78 is 5.12. The third kappa shape index (κ3) is 1.92. The van der Waals surface area contributed by atoms with E-state index in [0.29, 0.717) is 6.54 Å². The molecule has 1 aromatic rings. The van der Waals surface area contributed by atoms with Gasteiger partial charge >= 0.3 is 0 Å². The van der Waals surface area contributed by atoms with Crippen LogP contribution in [0.4, 0.5) is 0 Å². The first-order valence-electron chi connectivity index (χ1n) is 6.47. The summed E-state index contributed by atoms with van der Waals surface area (Å²) in [5.74, 6) is 0.840. The molecule has 1 N–H and O–H groups in total. The lowest BCUT2D eigenvalue weighted by atomic mass is 9.98. The number of carbonyl (C=O) groups is 1. The highest BCUT2D eigenvalue weighted by atomic mass is 16.5. The Morgan fingerprint density at radius 2 is 2.00 bits per heavy atom. The van der Waals surface area contributed by atoms with E-state index in [2.05, 4.69) is 0 Å². The first kappa shape index (κ1) is 12.2. The normalized spacial score (nSPS) is 28.2. The van der Waals surface area contributed by atoms with Crippen LogP contribution in [0.1, 0.15) is 5.56 Å². The lowest BCUT2D eigenvalue weighted by Crippen LogP contribution is -2.35. The number of hydrogen-bond donors (Lipinski definition) is 1. The molecule has 0 aromatic heterocycles. The Morgan fingerprint density at radius 1 is 1.26 bits per heavy atom. The van der Waals surface area contributed by atoms with E-state index in [1.165, 1.54) is 0 Å². The third-order valence-electron chi connectivity index (χ3n) is 4.07. The van der Waals surface area contributed by atoms with Crippen molar-refractivity contribution < 1.29 is 14.6 Å². The van der Waals surface area contributed by atoms with Gasteiger partial charge in [-0.1, -0.05) is 24.3 Å². The van der Waals surface area contributed by atoms with Gasteiger partial charge < -0.3 is 14.7 Å². The summed E-state index contributed by atoms with van der Waals surface area (Å²) in [6, 6.07) is 7.77. The van der Waals surface area contributed by atoms with Crippen LogP contribution < -0.4 is 4.74 Å². The van der Waals surface area contributed by atoms with Crippen LogP contribution in [0.3, 0.4) is 0 Å². The summed E-state index contributed by atoms with van der Waals surface area (Å²) in [5, 5.41) is 9.38. The minimum atomic E-state index is -0.131. The van der Waals surface area contributed by atoms with E-state index in [0.717, 1.165) is 11.3 Å². The van der Waals surface area contributed by atoms with Crippen molar-refractivity contribution in [2.45, 2.75) is 12.6 Å². The number of fused-ring (bicyclic) bond motifs is 2. The van der Waals surface area contributed by atoms with Crippen molar-refractivity contribution in [3.63, 3.8) is 0 Å². The second kappa shape index (κ2) is 4.70. The Balaban J connectivity index is 1.76. The predicted octanol–water partition coefficient (Wildman–Crippen LogP) is 1.20. The number of methoxy groups -OCH3 is 1. The number of rotatable bonds is 4. The van der Waals surface area contributed by atoms with E-state index in [-0.39, 0.29) is 30.4 Å². The van der Waals surface area contributed by atoms with Crippen molar-refractivity contribution in [3.8, 4) is 5.75 Å². The van der Waals surface area contributed by atoms with Crippen LogP contribution in [0.2, 0.25) is 0 Å². The van der Waals surface area contributed by atoms with Crippen molar-refractivity contribution >= 4 is 5.91 Å². The van der Waals surface area contributed by atoms with Crippen LogP contribution in [0.5, 0.6) is 5.75 Å². The Bertz CT molecular complexity index is 509. The number of ether oxygens (including phenoxy) is 1. The number of nitrogens with zero attached hydrogens (tertiary/aromatic N) is 1. The molecule has 1 aromatic carbocycles. The SMILES string of the molecule is COc1ccc(CN2C(=O)C3C=CC2C3CO)cc1. The minimum absolute atomic E-state index is 0.0331. The van der Waals surface area contributed by atoms with Crippen molar-refractivity contribution in [1.82, 2.24) is 4.90 Å². The zero-order chi connectivity index (χ0) is 13.4. The largest absolute Gasteiger partial charge is 0.497 e. The van der Waals surface area contributed by atoms with Crippen LogP contribution >= 0.6 is 0 Å². The standard InChI is InChI=1S/C15H17NO3/c1-19-11-4-2-10(3-5-11)8-16-14-7-6-12(15(16)18)13(14)9-17/h2-7,12-14,17H,8-9H2,1H3. The maximum Gasteiger partial charge on any atom is 0.230 e. The van der Waals surface area contributed by atoms with Crippen LogP contribution in [0.15, 0.2) is 36.4 Å². The Hall–Kier alpha value is -1.81. The Labute approximate surface area is 112 Å². The van der Waals surface area contributed by atoms with Gasteiger partial charge in [0.1, 0.15) is 5.75 Å². The molecule has 1 heterocycles. The lowest BCUT2D eigenvalue weighted by molar-refractivity contribution is -0.131. The van der Waals surface area contributed by atoms with Crippen molar-refractivity contribution in [2.75, 3.05) is 13.7 Å². The fraction of sp³-hybridized carbons (Fsp3) is 0.400. The summed E-state index contributed by atoms with van der Waals surface area (Å²) in [4.78, 5) is 14.1. The third-order valence-corrected chi connectivity index (χ3v) is 4.07. The van der Waals surface area contributed by atoms with Crippen LogP contribution in [0, 0.1) is 11.8 Å². The molecule has 3 atom stereocenters. The van der Waals surface area contributed by atoms with Crippen molar-refractivity contribution in [1.29, 1.82) is 0 Å². The summed E-state index contributed by atoms with van der Waals surface area (Å²) in [6.07, 6.45) is 3.97. The summed E-state index contributed by atoms with van der Waals surface area (Å²) in [5.41, 5.74) is 1.08. The molecule has 3 rings (SSSR count). The number of likely N-dealkylation sites (tertiary alicyclic amines) is 1. The van der Waals surface area contributed by atoms with Crippen LogP contribution in [-0.4, -0.2) is 35.7 Å². The van der Waals surface area contributed by atoms with E-state index in [1.807, 2.05) is 41.3 Å². The maximum absolute atomic E-state index is 12.2. The highest BCUT2D eigenvalue weighted by molar-refractivity contribution is 5.86.